The van der Waals surface area contributed by atoms with Gasteiger partial charge in [-0.3, -0.25) is 9.88 Å². The number of nitrogens with one attached hydrogen (secondary N) is 1. The lowest BCUT2D eigenvalue weighted by molar-refractivity contribution is -0.0469. The van der Waals surface area contributed by atoms with Crippen molar-refractivity contribution in [3.63, 3.8) is 0 Å². The number of hydrogen-bond donors (Lipinski definition) is 3. The molecule has 0 saturated carbocycles. The number of nitrogens with zero attached hydrogens (tertiary/aromatic N) is 3. The van der Waals surface area contributed by atoms with Crippen LogP contribution in [0.25, 0.3) is 0 Å². The normalized spacial score (nSPS) is 23.1. The highest BCUT2D eigenvalue weighted by atomic mass is 16.6. The van der Waals surface area contributed by atoms with Gasteiger partial charge in [-0.15, -0.1) is 0 Å². The average molecular weight is 422 g/mol. The highest BCUT2D eigenvalue weighted by Gasteiger charge is 2.45. The predicted molar refractivity (Wildman–Crippen MR) is 108 cm³/mol. The van der Waals surface area contributed by atoms with E-state index in [9.17, 15) is 25.1 Å². The summed E-state index contributed by atoms with van der Waals surface area (Å²) in [5.41, 5.74) is -0.768. The van der Waals surface area contributed by atoms with E-state index in [0.717, 1.165) is 23.8 Å². The zero-order valence-electron chi connectivity index (χ0n) is 17.2. The topological polar surface area (TPSA) is 147 Å². The van der Waals surface area contributed by atoms with Gasteiger partial charge >= 0.3 is 11.8 Å². The maximum absolute atomic E-state index is 12.3. The van der Waals surface area contributed by atoms with E-state index in [1.54, 1.807) is 0 Å². The van der Waals surface area contributed by atoms with E-state index in [4.69, 9.17) is 9.47 Å². The van der Waals surface area contributed by atoms with E-state index in [1.807, 2.05) is 6.07 Å². The second kappa shape index (κ2) is 12.3. The van der Waals surface area contributed by atoms with Gasteiger partial charge in [-0.1, -0.05) is 45.4 Å². The number of amides is 1. The molecule has 1 aromatic heterocycles. The van der Waals surface area contributed by atoms with E-state index >= 15 is 0 Å². The summed E-state index contributed by atoms with van der Waals surface area (Å²) in [6.07, 6.45) is 5.09. The molecule has 2 rings (SSSR count). The van der Waals surface area contributed by atoms with Crippen molar-refractivity contribution in [2.24, 2.45) is 5.92 Å². The maximum Gasteiger partial charge on any atom is 0.412 e. The molecule has 1 amide bonds. The molecule has 30 heavy (non-hydrogen) atoms. The number of aromatic nitrogens is 2. The molecular weight excluding hydrogens is 392 g/mol. The van der Waals surface area contributed by atoms with Gasteiger partial charge in [0.1, 0.15) is 23.9 Å². The largest absolute Gasteiger partial charge is 0.449 e. The first-order chi connectivity index (χ1) is 14.5. The lowest BCUT2D eigenvalue weighted by atomic mass is 10.0. The van der Waals surface area contributed by atoms with Gasteiger partial charge < -0.3 is 19.7 Å². The zero-order chi connectivity index (χ0) is 21.9. The summed E-state index contributed by atoms with van der Waals surface area (Å²) in [4.78, 5) is 27.9. The van der Waals surface area contributed by atoms with E-state index in [-0.39, 0.29) is 12.4 Å². The smallest absolute Gasteiger partial charge is 0.412 e. The SMILES string of the molecule is CCCCCCCCCOC(=O)Nc1ccn([C@@H]2O[C@H](CO)[C@@H](O)[C@@H]2C#N)c(=O)n1. The number of hydrogen-bond acceptors (Lipinski definition) is 8. The average Bonchev–Trinajstić information content (AvgIpc) is 3.05. The van der Waals surface area contributed by atoms with Gasteiger partial charge in [-0.05, 0) is 12.5 Å². The summed E-state index contributed by atoms with van der Waals surface area (Å²) < 4.78 is 11.5. The maximum atomic E-state index is 12.3. The number of ether oxygens (including phenoxy) is 2. The van der Waals surface area contributed by atoms with Crippen LogP contribution in [0.3, 0.4) is 0 Å². The Kier molecular flexibility index (Phi) is 9.73. The fourth-order valence-corrected chi connectivity index (χ4v) is 3.31. The quantitative estimate of drug-likeness (QED) is 0.458. The molecule has 3 N–H and O–H groups in total. The van der Waals surface area contributed by atoms with Crippen LogP contribution in [-0.4, -0.2) is 51.3 Å². The first kappa shape index (κ1) is 23.8. The Morgan fingerprint density at radius 3 is 2.67 bits per heavy atom. The van der Waals surface area contributed by atoms with Crippen LogP contribution in [-0.2, 0) is 9.47 Å². The molecule has 0 bridgehead atoms. The molecule has 0 aliphatic carbocycles. The predicted octanol–water partition coefficient (Wildman–Crippen LogP) is 1.93. The van der Waals surface area contributed by atoms with Crippen molar-refractivity contribution in [1.29, 1.82) is 5.26 Å². The third kappa shape index (κ3) is 6.52. The zero-order valence-corrected chi connectivity index (χ0v) is 17.2. The Bertz CT molecular complexity index is 777. The molecule has 0 aromatic carbocycles. The Hall–Kier alpha value is -2.48. The van der Waals surface area contributed by atoms with Gasteiger partial charge in [-0.2, -0.15) is 10.2 Å². The fraction of sp³-hybridized carbons (Fsp3) is 0.700. The van der Waals surface area contributed by atoms with Crippen molar-refractivity contribution in [3.05, 3.63) is 22.7 Å². The van der Waals surface area contributed by atoms with Crippen molar-refractivity contribution in [3.8, 4) is 6.07 Å². The van der Waals surface area contributed by atoms with Crippen LogP contribution in [0.5, 0.6) is 0 Å². The minimum atomic E-state index is -1.23. The molecule has 1 aromatic rings. The molecule has 0 radical (unpaired) electrons. The van der Waals surface area contributed by atoms with Gasteiger partial charge in [0, 0.05) is 6.20 Å². The van der Waals surface area contributed by atoms with Gasteiger partial charge in [0.25, 0.3) is 0 Å². The van der Waals surface area contributed by atoms with Crippen LogP contribution in [0, 0.1) is 17.2 Å². The highest BCUT2D eigenvalue weighted by molar-refractivity contribution is 5.83. The lowest BCUT2D eigenvalue weighted by Gasteiger charge is -2.16. The lowest BCUT2D eigenvalue weighted by Crippen LogP contribution is -2.32. The van der Waals surface area contributed by atoms with Crippen LogP contribution in [0.1, 0.15) is 58.1 Å². The first-order valence-corrected chi connectivity index (χ1v) is 10.4. The molecular formula is C20H30N4O6. The summed E-state index contributed by atoms with van der Waals surface area (Å²) >= 11 is 0. The second-order valence-electron chi connectivity index (χ2n) is 7.28. The summed E-state index contributed by atoms with van der Waals surface area (Å²) in [5.74, 6) is -1.03. The van der Waals surface area contributed by atoms with Gasteiger partial charge in [-0.25, -0.2) is 9.59 Å². The Labute approximate surface area is 175 Å². The van der Waals surface area contributed by atoms with E-state index in [2.05, 4.69) is 17.2 Å². The number of aliphatic hydroxyl groups excluding tert-OH is 2. The summed E-state index contributed by atoms with van der Waals surface area (Å²) in [7, 11) is 0. The van der Waals surface area contributed by atoms with Crippen LogP contribution >= 0.6 is 0 Å². The highest BCUT2D eigenvalue weighted by Crippen LogP contribution is 2.33. The van der Waals surface area contributed by atoms with Crippen molar-refractivity contribution < 1.29 is 24.5 Å². The monoisotopic (exact) mass is 422 g/mol. The number of unbranched alkanes of at least 4 members (excludes halogenated alkanes) is 6. The van der Waals surface area contributed by atoms with Crippen LogP contribution in [0.2, 0.25) is 0 Å². The van der Waals surface area contributed by atoms with Crippen LogP contribution in [0.15, 0.2) is 17.1 Å². The molecule has 166 valence electrons. The number of rotatable bonds is 11. The molecule has 1 aliphatic heterocycles. The standard InChI is InChI=1S/C20H30N4O6/c1-2-3-4-5-6-7-8-11-29-20(28)23-16-9-10-24(19(27)22-16)18-14(12-21)17(26)15(13-25)30-18/h9-10,14-15,17-18,25-26H,2-8,11,13H2,1H3,(H,22,23,27,28)/t14-,15+,17-,18+/m0/s1. The van der Waals surface area contributed by atoms with Gasteiger partial charge in [0.15, 0.2) is 6.23 Å². The van der Waals surface area contributed by atoms with Gasteiger partial charge in [0.05, 0.1) is 19.3 Å². The number of anilines is 1. The molecule has 2 heterocycles. The summed E-state index contributed by atoms with van der Waals surface area (Å²) in [6.45, 7) is 1.98. The van der Waals surface area contributed by atoms with E-state index < -0.39 is 42.7 Å². The molecule has 1 aliphatic rings. The Balaban J connectivity index is 1.82. The summed E-state index contributed by atoms with van der Waals surface area (Å²) in [5, 5.41) is 30.9. The minimum absolute atomic E-state index is 0.00609. The molecule has 10 nitrogen and oxygen atoms in total. The number of carbonyl (C=O) groups excluding carboxylic acids is 1. The summed E-state index contributed by atoms with van der Waals surface area (Å²) in [6, 6.07) is 3.25. The van der Waals surface area contributed by atoms with Crippen LogP contribution in [0.4, 0.5) is 10.6 Å². The third-order valence-electron chi connectivity index (χ3n) is 5.01. The Morgan fingerprint density at radius 2 is 2.03 bits per heavy atom. The fourth-order valence-electron chi connectivity index (χ4n) is 3.31. The molecule has 10 heteroatoms. The van der Waals surface area contributed by atoms with Gasteiger partial charge in [0.2, 0.25) is 0 Å². The first-order valence-electron chi connectivity index (χ1n) is 10.4. The minimum Gasteiger partial charge on any atom is -0.449 e. The van der Waals surface area contributed by atoms with Crippen LogP contribution < -0.4 is 11.0 Å². The molecule has 1 saturated heterocycles. The Morgan fingerprint density at radius 1 is 1.33 bits per heavy atom. The molecule has 0 unspecified atom stereocenters. The number of nitriles is 1. The van der Waals surface area contributed by atoms with Crippen molar-refractivity contribution in [2.45, 2.75) is 70.3 Å². The molecule has 4 atom stereocenters. The van der Waals surface area contributed by atoms with E-state index in [1.165, 1.54) is 37.9 Å². The van der Waals surface area contributed by atoms with Crippen molar-refractivity contribution in [1.82, 2.24) is 9.55 Å². The van der Waals surface area contributed by atoms with Crippen molar-refractivity contribution >= 4 is 11.9 Å². The second-order valence-corrected chi connectivity index (χ2v) is 7.28. The van der Waals surface area contributed by atoms with Crippen molar-refractivity contribution in [2.75, 3.05) is 18.5 Å². The van der Waals surface area contributed by atoms with E-state index in [0.29, 0.717) is 0 Å². The molecule has 0 spiro atoms. The third-order valence-corrected chi connectivity index (χ3v) is 5.01. The number of carbonyl (C=O) groups is 1. The molecule has 1 fully saturated rings. The number of aliphatic hydroxyl groups is 2.